The molecule has 0 unspecified atom stereocenters. The SMILES string of the molecule is C=C(c1cc(F)c2ncnn2c1)c1cnc(NCC(F)(F)F)nc1C. The topological polar surface area (TPSA) is 68.0 Å². The van der Waals surface area contributed by atoms with Crippen molar-refractivity contribution in [3.8, 4) is 0 Å². The molecule has 3 aromatic heterocycles. The Labute approximate surface area is 139 Å². The molecule has 0 amide bonds. The van der Waals surface area contributed by atoms with Crippen molar-refractivity contribution in [1.82, 2.24) is 24.6 Å². The number of aromatic nitrogens is 5. The molecule has 0 aliphatic rings. The van der Waals surface area contributed by atoms with Crippen LogP contribution < -0.4 is 5.32 Å². The third-order valence-corrected chi connectivity index (χ3v) is 3.43. The highest BCUT2D eigenvalue weighted by Crippen LogP contribution is 2.25. The molecule has 0 fully saturated rings. The van der Waals surface area contributed by atoms with E-state index in [1.54, 1.807) is 13.1 Å². The lowest BCUT2D eigenvalue weighted by atomic mass is 10.0. The summed E-state index contributed by atoms with van der Waals surface area (Å²) in [7, 11) is 0. The fourth-order valence-corrected chi connectivity index (χ4v) is 2.23. The third-order valence-electron chi connectivity index (χ3n) is 3.43. The molecule has 0 bridgehead atoms. The molecule has 3 heterocycles. The second kappa shape index (κ2) is 6.11. The Kier molecular flexibility index (Phi) is 4.11. The van der Waals surface area contributed by atoms with Crippen molar-refractivity contribution < 1.29 is 17.6 Å². The molecule has 0 aromatic carbocycles. The lowest BCUT2D eigenvalue weighted by Gasteiger charge is -2.12. The van der Waals surface area contributed by atoms with Crippen LogP contribution in [0.25, 0.3) is 11.2 Å². The minimum atomic E-state index is -4.37. The fourth-order valence-electron chi connectivity index (χ4n) is 2.23. The lowest BCUT2D eigenvalue weighted by Crippen LogP contribution is -2.22. The van der Waals surface area contributed by atoms with Gasteiger partial charge >= 0.3 is 6.18 Å². The van der Waals surface area contributed by atoms with Crippen molar-refractivity contribution in [2.24, 2.45) is 0 Å². The maximum Gasteiger partial charge on any atom is 0.405 e. The number of hydrogen-bond donors (Lipinski definition) is 1. The molecule has 0 saturated carbocycles. The number of pyridine rings is 1. The van der Waals surface area contributed by atoms with Crippen molar-refractivity contribution >= 4 is 17.2 Å². The normalized spacial score (nSPS) is 11.7. The molecular weight excluding hydrogens is 340 g/mol. The first-order valence-electron chi connectivity index (χ1n) is 7.07. The zero-order valence-electron chi connectivity index (χ0n) is 13.0. The predicted molar refractivity (Wildman–Crippen MR) is 82.4 cm³/mol. The van der Waals surface area contributed by atoms with Gasteiger partial charge in [-0.1, -0.05) is 6.58 Å². The van der Waals surface area contributed by atoms with Gasteiger partial charge in [-0.2, -0.15) is 18.3 Å². The molecule has 0 atom stereocenters. The summed E-state index contributed by atoms with van der Waals surface area (Å²) in [5.41, 5.74) is 1.81. The van der Waals surface area contributed by atoms with Gasteiger partial charge in [-0.25, -0.2) is 23.9 Å². The van der Waals surface area contributed by atoms with Crippen LogP contribution in [0.1, 0.15) is 16.8 Å². The quantitative estimate of drug-likeness (QED) is 0.731. The molecule has 10 heteroatoms. The van der Waals surface area contributed by atoms with E-state index in [4.69, 9.17) is 0 Å². The lowest BCUT2D eigenvalue weighted by molar-refractivity contribution is -0.115. The van der Waals surface area contributed by atoms with Gasteiger partial charge in [0.2, 0.25) is 5.95 Å². The molecule has 0 saturated heterocycles. The average molecular weight is 352 g/mol. The van der Waals surface area contributed by atoms with Crippen molar-refractivity contribution in [2.45, 2.75) is 13.1 Å². The zero-order chi connectivity index (χ0) is 18.2. The fraction of sp³-hybridized carbons (Fsp3) is 0.200. The van der Waals surface area contributed by atoms with Gasteiger partial charge < -0.3 is 5.32 Å². The zero-order valence-corrected chi connectivity index (χ0v) is 13.0. The Hall–Kier alpha value is -3.04. The van der Waals surface area contributed by atoms with Crippen molar-refractivity contribution in [3.63, 3.8) is 0 Å². The minimum Gasteiger partial charge on any atom is -0.345 e. The van der Waals surface area contributed by atoms with Gasteiger partial charge in [0.15, 0.2) is 11.5 Å². The van der Waals surface area contributed by atoms with E-state index in [1.165, 1.54) is 23.1 Å². The largest absolute Gasteiger partial charge is 0.405 e. The van der Waals surface area contributed by atoms with Gasteiger partial charge in [-0.05, 0) is 18.6 Å². The summed E-state index contributed by atoms with van der Waals surface area (Å²) >= 11 is 0. The molecular formula is C15H12F4N6. The summed E-state index contributed by atoms with van der Waals surface area (Å²) in [5.74, 6) is -0.720. The number of fused-ring (bicyclic) bond motifs is 1. The molecule has 0 aliphatic carbocycles. The second-order valence-corrected chi connectivity index (χ2v) is 5.24. The maximum absolute atomic E-state index is 14.0. The monoisotopic (exact) mass is 352 g/mol. The van der Waals surface area contributed by atoms with Crippen LogP contribution in [0.5, 0.6) is 0 Å². The van der Waals surface area contributed by atoms with Crippen molar-refractivity contribution in [2.75, 3.05) is 11.9 Å². The van der Waals surface area contributed by atoms with E-state index in [0.717, 1.165) is 0 Å². The summed E-state index contributed by atoms with van der Waals surface area (Å²) in [6.45, 7) is 4.26. The van der Waals surface area contributed by atoms with Crippen LogP contribution in [0.2, 0.25) is 0 Å². The summed E-state index contributed by atoms with van der Waals surface area (Å²) in [6.07, 6.45) is -0.263. The van der Waals surface area contributed by atoms with Crippen LogP contribution >= 0.6 is 0 Å². The second-order valence-electron chi connectivity index (χ2n) is 5.24. The first-order chi connectivity index (χ1) is 11.7. The third kappa shape index (κ3) is 3.57. The maximum atomic E-state index is 14.0. The highest BCUT2D eigenvalue weighted by atomic mass is 19.4. The van der Waals surface area contributed by atoms with Crippen LogP contribution in [-0.2, 0) is 0 Å². The molecule has 0 radical (unpaired) electrons. The molecule has 25 heavy (non-hydrogen) atoms. The molecule has 3 aromatic rings. The molecule has 1 N–H and O–H groups in total. The van der Waals surface area contributed by atoms with Crippen LogP contribution in [0.3, 0.4) is 0 Å². The summed E-state index contributed by atoms with van der Waals surface area (Å²) in [6, 6.07) is 1.25. The first kappa shape index (κ1) is 16.8. The smallest absolute Gasteiger partial charge is 0.345 e. The molecule has 6 nitrogen and oxygen atoms in total. The summed E-state index contributed by atoms with van der Waals surface area (Å²) in [5, 5.41) is 5.98. The number of nitrogens with one attached hydrogen (secondary N) is 1. The Balaban J connectivity index is 1.88. The molecule has 0 spiro atoms. The van der Waals surface area contributed by atoms with Gasteiger partial charge in [-0.3, -0.25) is 0 Å². The van der Waals surface area contributed by atoms with Crippen molar-refractivity contribution in [3.05, 3.63) is 54.0 Å². The highest BCUT2D eigenvalue weighted by molar-refractivity contribution is 5.79. The van der Waals surface area contributed by atoms with E-state index < -0.39 is 18.5 Å². The van der Waals surface area contributed by atoms with Gasteiger partial charge in [0.25, 0.3) is 0 Å². The number of alkyl halides is 3. The van der Waals surface area contributed by atoms with Crippen molar-refractivity contribution in [1.29, 1.82) is 0 Å². The Morgan fingerprint density at radius 2 is 2.08 bits per heavy atom. The number of rotatable bonds is 4. The number of halogens is 4. The first-order valence-corrected chi connectivity index (χ1v) is 7.07. The van der Waals surface area contributed by atoms with Gasteiger partial charge in [0, 0.05) is 23.5 Å². The molecule has 130 valence electrons. The summed E-state index contributed by atoms with van der Waals surface area (Å²) < 4.78 is 52.0. The van der Waals surface area contributed by atoms with Gasteiger partial charge in [0.05, 0.1) is 5.69 Å². The number of aryl methyl sites for hydroxylation is 1. The van der Waals surface area contributed by atoms with Gasteiger partial charge in [0.1, 0.15) is 12.9 Å². The van der Waals surface area contributed by atoms with Crippen LogP contribution in [0.15, 0.2) is 31.4 Å². The Morgan fingerprint density at radius 1 is 1.32 bits per heavy atom. The number of hydrogen-bond acceptors (Lipinski definition) is 5. The molecule has 3 rings (SSSR count). The number of nitrogens with zero attached hydrogens (tertiary/aromatic N) is 5. The van der Waals surface area contributed by atoms with E-state index in [2.05, 4.69) is 31.9 Å². The van der Waals surface area contributed by atoms with E-state index in [9.17, 15) is 17.6 Å². The van der Waals surface area contributed by atoms with Gasteiger partial charge in [-0.15, -0.1) is 0 Å². The molecule has 0 aliphatic heterocycles. The highest BCUT2D eigenvalue weighted by Gasteiger charge is 2.27. The van der Waals surface area contributed by atoms with E-state index in [0.29, 0.717) is 22.4 Å². The average Bonchev–Trinajstić information content (AvgIpc) is 3.01. The Morgan fingerprint density at radius 3 is 2.76 bits per heavy atom. The van der Waals surface area contributed by atoms with Crippen LogP contribution in [-0.4, -0.2) is 37.3 Å². The Bertz CT molecular complexity index is 947. The summed E-state index contributed by atoms with van der Waals surface area (Å²) in [4.78, 5) is 11.6. The minimum absolute atomic E-state index is 0.0798. The number of anilines is 1. The van der Waals surface area contributed by atoms with E-state index in [-0.39, 0.29) is 11.6 Å². The predicted octanol–water partition coefficient (Wildman–Crippen LogP) is 3.00. The van der Waals surface area contributed by atoms with E-state index in [1.807, 2.05) is 0 Å². The standard InChI is InChI=1S/C15H12F4N6/c1-8(10-3-12(16)13-22-7-23-25(13)5-10)11-4-20-14(24-9(11)2)21-6-15(17,18)19/h3-5,7H,1,6H2,2H3,(H,20,21,24). The van der Waals surface area contributed by atoms with Crippen LogP contribution in [0, 0.1) is 12.7 Å². The van der Waals surface area contributed by atoms with E-state index >= 15 is 0 Å². The van der Waals surface area contributed by atoms with Crippen LogP contribution in [0.4, 0.5) is 23.5 Å².